The third kappa shape index (κ3) is 7.14. The molecule has 1 aliphatic rings. The molecule has 0 N–H and O–H groups in total. The summed E-state index contributed by atoms with van der Waals surface area (Å²) < 4.78 is 0. The molecule has 0 amide bonds. The van der Waals surface area contributed by atoms with Crippen LogP contribution < -0.4 is 0 Å². The molecule has 1 aliphatic carbocycles. The number of pyridine rings is 4. The highest BCUT2D eigenvalue weighted by Crippen LogP contribution is 2.56. The van der Waals surface area contributed by atoms with E-state index in [1.807, 2.05) is 12.4 Å². The maximum atomic E-state index is 5.51. The van der Waals surface area contributed by atoms with E-state index in [0.29, 0.717) is 0 Å². The smallest absolute Gasteiger partial charge is 0.0978 e. The molecule has 10 aromatic carbocycles. The summed E-state index contributed by atoms with van der Waals surface area (Å²) >= 11 is 0. The lowest BCUT2D eigenvalue weighted by Gasteiger charge is -2.34. The van der Waals surface area contributed by atoms with Crippen LogP contribution in [-0.2, 0) is 5.41 Å². The lowest BCUT2D eigenvalue weighted by atomic mass is 9.67. The maximum absolute atomic E-state index is 5.51. The minimum Gasteiger partial charge on any atom is -0.254 e. The topological polar surface area (TPSA) is 51.6 Å². The Morgan fingerprint density at radius 2 is 0.558 bits per heavy atom. The van der Waals surface area contributed by atoms with E-state index >= 15 is 0 Å². The molecule has 0 spiro atoms. The summed E-state index contributed by atoms with van der Waals surface area (Å²) in [6, 6.07) is 96.2. The fourth-order valence-electron chi connectivity index (χ4n) is 12.4. The molecule has 358 valence electrons. The van der Waals surface area contributed by atoms with Gasteiger partial charge in [0.25, 0.3) is 0 Å². The minimum absolute atomic E-state index is 0.621. The van der Waals surface area contributed by atoms with E-state index in [1.165, 1.54) is 33.4 Å². The molecular formula is C73H46N4. The van der Waals surface area contributed by atoms with Crippen LogP contribution in [0.15, 0.2) is 279 Å². The predicted molar refractivity (Wildman–Crippen MR) is 318 cm³/mol. The van der Waals surface area contributed by atoms with Gasteiger partial charge < -0.3 is 0 Å². The summed E-state index contributed by atoms with van der Waals surface area (Å²) in [6.45, 7) is 0. The van der Waals surface area contributed by atoms with Gasteiger partial charge in [-0.2, -0.15) is 0 Å². The van der Waals surface area contributed by atoms with Gasteiger partial charge >= 0.3 is 0 Å². The van der Waals surface area contributed by atoms with Gasteiger partial charge in [0.05, 0.1) is 38.9 Å². The molecule has 0 saturated heterocycles. The van der Waals surface area contributed by atoms with Crippen LogP contribution in [0.25, 0.3) is 122 Å². The molecule has 4 heteroatoms. The van der Waals surface area contributed by atoms with Crippen molar-refractivity contribution in [3.8, 4) is 78.1 Å². The van der Waals surface area contributed by atoms with Gasteiger partial charge in [-0.05, 0) is 102 Å². The van der Waals surface area contributed by atoms with Gasteiger partial charge in [-0.25, -0.2) is 9.97 Å². The molecule has 4 nitrogen and oxygen atoms in total. The number of benzene rings is 10. The zero-order chi connectivity index (χ0) is 50.9. The Morgan fingerprint density at radius 1 is 0.234 bits per heavy atom. The maximum Gasteiger partial charge on any atom is 0.0978 e. The molecular weight excluding hydrogens is 933 g/mol. The summed E-state index contributed by atoms with van der Waals surface area (Å²) in [7, 11) is 0. The summed E-state index contributed by atoms with van der Waals surface area (Å²) in [5.74, 6) is 0. The van der Waals surface area contributed by atoms with Crippen molar-refractivity contribution in [2.75, 3.05) is 0 Å². The summed E-state index contributed by atoms with van der Waals surface area (Å²) in [4.78, 5) is 21.1. The first-order chi connectivity index (χ1) is 38.2. The highest BCUT2D eigenvalue weighted by Gasteiger charge is 2.46. The molecule has 0 radical (unpaired) electrons. The minimum atomic E-state index is -0.621. The summed E-state index contributed by atoms with van der Waals surface area (Å²) in [5, 5.41) is 4.29. The number of nitrogens with zero attached hydrogens (tertiary/aromatic N) is 4. The Balaban J connectivity index is 0.893. The molecule has 0 saturated carbocycles. The molecule has 0 atom stereocenters. The second kappa shape index (κ2) is 18.0. The molecule has 0 fully saturated rings. The molecule has 4 heterocycles. The number of rotatable bonds is 8. The molecule has 0 aliphatic heterocycles. The van der Waals surface area contributed by atoms with Crippen molar-refractivity contribution in [2.45, 2.75) is 5.41 Å². The second-order valence-corrected chi connectivity index (χ2v) is 20.0. The Morgan fingerprint density at radius 3 is 0.935 bits per heavy atom. The molecule has 0 unspecified atom stereocenters. The van der Waals surface area contributed by atoms with Gasteiger partial charge in [0.15, 0.2) is 0 Å². The van der Waals surface area contributed by atoms with Crippen molar-refractivity contribution in [1.29, 1.82) is 0 Å². The van der Waals surface area contributed by atoms with Crippen molar-refractivity contribution in [3.63, 3.8) is 0 Å². The predicted octanol–water partition coefficient (Wildman–Crippen LogP) is 18.2. The lowest BCUT2D eigenvalue weighted by molar-refractivity contribution is 0.768. The van der Waals surface area contributed by atoms with E-state index in [1.54, 1.807) is 0 Å². The quantitative estimate of drug-likeness (QED) is 0.142. The summed E-state index contributed by atoms with van der Waals surface area (Å²) in [5.41, 5.74) is 23.2. The van der Waals surface area contributed by atoms with Gasteiger partial charge in [0.1, 0.15) is 0 Å². The Bertz CT molecular complexity index is 4280. The van der Waals surface area contributed by atoms with Crippen LogP contribution in [0, 0.1) is 0 Å². The number of hydrogen-bond acceptors (Lipinski definition) is 4. The highest BCUT2D eigenvalue weighted by molar-refractivity contribution is 6.14. The van der Waals surface area contributed by atoms with E-state index in [0.717, 1.165) is 111 Å². The van der Waals surface area contributed by atoms with E-state index < -0.39 is 5.41 Å². The largest absolute Gasteiger partial charge is 0.254 e. The average molecular weight is 979 g/mol. The standard InChI is InChI=1S/C73H46N4/c1-5-17-47(18-6-1)55-41-43-74-69-59(55)37-39-61-63(49-21-9-3-10-22-49)45-67(76-71(61)69)51-29-33-53(34-30-51)73(65-27-15-13-25-57(65)58-26-14-16-28-66(58)73)54-35-31-52(32-36-54)68-46-64(50-23-11-4-12-24-50)62-40-38-60-56(48-19-7-2-8-20-48)42-44-75-70(60)72(62)77-68/h1-46H. The SMILES string of the molecule is c1ccc(-c2ccnc3c2ccc2c(-c4ccccc4)cc(-c4ccc(C5(c6ccc(-c7cc(-c8ccccc8)c8ccc9c(-c%10ccccc%10)ccnc9c8n7)cc6)c6ccccc6-c6ccccc65)cc4)nc23)cc1. The third-order valence-corrected chi connectivity index (χ3v) is 15.9. The first-order valence-corrected chi connectivity index (χ1v) is 26.3. The van der Waals surface area contributed by atoms with Crippen LogP contribution in [-0.4, -0.2) is 19.9 Å². The van der Waals surface area contributed by atoms with Crippen LogP contribution in [0.2, 0.25) is 0 Å². The van der Waals surface area contributed by atoms with Crippen LogP contribution in [0.1, 0.15) is 22.3 Å². The first kappa shape index (κ1) is 44.3. The van der Waals surface area contributed by atoms with Gasteiger partial charge in [-0.15, -0.1) is 0 Å². The van der Waals surface area contributed by atoms with Crippen molar-refractivity contribution in [1.82, 2.24) is 19.9 Å². The molecule has 4 aromatic heterocycles. The zero-order valence-electron chi connectivity index (χ0n) is 41.8. The van der Waals surface area contributed by atoms with E-state index in [-0.39, 0.29) is 0 Å². The Kier molecular flexibility index (Phi) is 10.4. The van der Waals surface area contributed by atoms with Crippen molar-refractivity contribution in [3.05, 3.63) is 302 Å². The van der Waals surface area contributed by atoms with Crippen LogP contribution in [0.5, 0.6) is 0 Å². The fourth-order valence-corrected chi connectivity index (χ4v) is 12.4. The lowest BCUT2D eigenvalue weighted by Crippen LogP contribution is -2.28. The number of hydrogen-bond donors (Lipinski definition) is 0. The third-order valence-electron chi connectivity index (χ3n) is 15.9. The van der Waals surface area contributed by atoms with Crippen molar-refractivity contribution < 1.29 is 0 Å². The Hall–Kier alpha value is -10.2. The number of aromatic nitrogens is 4. The van der Waals surface area contributed by atoms with Crippen molar-refractivity contribution in [2.24, 2.45) is 0 Å². The van der Waals surface area contributed by atoms with Crippen LogP contribution in [0.4, 0.5) is 0 Å². The van der Waals surface area contributed by atoms with Gasteiger partial charge in [-0.3, -0.25) is 9.97 Å². The monoisotopic (exact) mass is 978 g/mol. The molecule has 0 bridgehead atoms. The van der Waals surface area contributed by atoms with Gasteiger partial charge in [0.2, 0.25) is 0 Å². The molecule has 15 rings (SSSR count). The van der Waals surface area contributed by atoms with Crippen LogP contribution >= 0.6 is 0 Å². The zero-order valence-corrected chi connectivity index (χ0v) is 41.8. The molecule has 77 heavy (non-hydrogen) atoms. The highest BCUT2D eigenvalue weighted by atomic mass is 14.8. The fraction of sp³-hybridized carbons (Fsp3) is 0.0137. The second-order valence-electron chi connectivity index (χ2n) is 20.0. The van der Waals surface area contributed by atoms with Gasteiger partial charge in [0, 0.05) is 45.1 Å². The van der Waals surface area contributed by atoms with E-state index in [2.05, 4.69) is 267 Å². The Labute approximate surface area is 446 Å². The average Bonchev–Trinajstić information content (AvgIpc) is 4.04. The van der Waals surface area contributed by atoms with Crippen molar-refractivity contribution >= 4 is 43.6 Å². The van der Waals surface area contributed by atoms with Gasteiger partial charge in [-0.1, -0.05) is 243 Å². The van der Waals surface area contributed by atoms with E-state index in [9.17, 15) is 0 Å². The van der Waals surface area contributed by atoms with Crippen LogP contribution in [0.3, 0.4) is 0 Å². The van der Waals surface area contributed by atoms with E-state index in [4.69, 9.17) is 19.9 Å². The molecule has 14 aromatic rings. The number of fused-ring (bicyclic) bond motifs is 9. The summed E-state index contributed by atoms with van der Waals surface area (Å²) in [6.07, 6.45) is 3.83. The first-order valence-electron chi connectivity index (χ1n) is 26.3. The normalized spacial score (nSPS) is 12.5.